The minimum Gasteiger partial charge on any atom is -0.451 e. The van der Waals surface area contributed by atoms with Crippen LogP contribution in [0.4, 0.5) is 4.79 Å². The third-order valence-corrected chi connectivity index (χ3v) is 7.17. The fourth-order valence-corrected chi connectivity index (χ4v) is 6.27. The number of benzene rings is 1. The highest BCUT2D eigenvalue weighted by molar-refractivity contribution is 6.15. The van der Waals surface area contributed by atoms with Crippen molar-refractivity contribution in [1.29, 1.82) is 0 Å². The first-order valence-corrected chi connectivity index (χ1v) is 11.7. The number of hydrogen-bond acceptors (Lipinski definition) is 7. The van der Waals surface area contributed by atoms with Gasteiger partial charge in [0.2, 0.25) is 0 Å². The van der Waals surface area contributed by atoms with Crippen molar-refractivity contribution in [1.82, 2.24) is 30.8 Å². The van der Waals surface area contributed by atoms with Gasteiger partial charge in [-0.2, -0.15) is 4.68 Å². The Morgan fingerprint density at radius 2 is 1.74 bits per heavy atom. The number of tetrazole rings is 1. The van der Waals surface area contributed by atoms with Crippen LogP contribution in [0.3, 0.4) is 0 Å². The van der Waals surface area contributed by atoms with Gasteiger partial charge in [-0.3, -0.25) is 10.1 Å². The number of esters is 1. The Morgan fingerprint density at radius 1 is 1.09 bits per heavy atom. The van der Waals surface area contributed by atoms with Gasteiger partial charge in [0.1, 0.15) is 0 Å². The molecular weight excluding hydrogens is 436 g/mol. The Morgan fingerprint density at radius 3 is 2.32 bits per heavy atom. The van der Waals surface area contributed by atoms with E-state index in [4.69, 9.17) is 4.74 Å². The predicted octanol–water partition coefficient (Wildman–Crippen LogP) is 2.32. The van der Waals surface area contributed by atoms with Crippen LogP contribution in [0, 0.1) is 24.7 Å². The van der Waals surface area contributed by atoms with Crippen LogP contribution in [-0.4, -0.2) is 50.3 Å². The molecule has 34 heavy (non-hydrogen) atoms. The van der Waals surface area contributed by atoms with Gasteiger partial charge in [-0.1, -0.05) is 30.3 Å². The fraction of sp³-hybridized carbons (Fsp3) is 0.500. The summed E-state index contributed by atoms with van der Waals surface area (Å²) in [5, 5.41) is 16.6. The smallest absolute Gasteiger partial charge is 0.357 e. The second kappa shape index (κ2) is 9.00. The first kappa shape index (κ1) is 22.2. The number of nitrogens with zero attached hydrogens (tertiary/aromatic N) is 4. The molecule has 10 heteroatoms. The molecule has 3 amide bonds. The maximum absolute atomic E-state index is 12.8. The highest BCUT2D eigenvalue weighted by Gasteiger charge is 2.51. The molecule has 4 bridgehead atoms. The van der Waals surface area contributed by atoms with Gasteiger partial charge in [0.05, 0.1) is 0 Å². The lowest BCUT2D eigenvalue weighted by atomic mass is 9.53. The summed E-state index contributed by atoms with van der Waals surface area (Å²) in [7, 11) is 0. The van der Waals surface area contributed by atoms with Gasteiger partial charge in [0.25, 0.3) is 5.91 Å². The van der Waals surface area contributed by atoms with E-state index in [9.17, 15) is 14.4 Å². The zero-order valence-corrected chi connectivity index (χ0v) is 19.1. The van der Waals surface area contributed by atoms with Gasteiger partial charge in [0, 0.05) is 5.54 Å². The van der Waals surface area contributed by atoms with E-state index in [2.05, 4.69) is 26.2 Å². The lowest BCUT2D eigenvalue weighted by molar-refractivity contribution is -0.143. The van der Waals surface area contributed by atoms with E-state index >= 15 is 0 Å². The van der Waals surface area contributed by atoms with Gasteiger partial charge >= 0.3 is 12.0 Å². The zero-order valence-electron chi connectivity index (χ0n) is 19.1. The molecule has 4 saturated carbocycles. The summed E-state index contributed by atoms with van der Waals surface area (Å²) in [6.45, 7) is 1.05. The Bertz CT molecular complexity index is 1090. The maximum atomic E-state index is 12.8. The molecular formula is C24H28N6O4. The number of carbonyl (C=O) groups is 3. The second-order valence-electron chi connectivity index (χ2n) is 9.85. The summed E-state index contributed by atoms with van der Waals surface area (Å²) in [5.74, 6) is 0.936. The SMILES string of the molecule is Cc1nnnn1/C(=C\c1ccccc1)C(=O)OCC(=O)NC(=O)NC12CC3CC(CC(C3)C1)C2. The Kier molecular flexibility index (Phi) is 5.89. The average molecular weight is 465 g/mol. The lowest BCUT2D eigenvalue weighted by Gasteiger charge is -2.56. The average Bonchev–Trinajstić information content (AvgIpc) is 3.20. The number of rotatable bonds is 6. The zero-order chi connectivity index (χ0) is 23.7. The van der Waals surface area contributed by atoms with E-state index in [1.165, 1.54) is 23.9 Å². The number of aromatic nitrogens is 4. The summed E-state index contributed by atoms with van der Waals surface area (Å²) in [4.78, 5) is 37.7. The first-order chi connectivity index (χ1) is 16.4. The molecule has 1 aromatic heterocycles. The minimum absolute atomic E-state index is 0.0551. The Balaban J connectivity index is 1.19. The number of urea groups is 1. The van der Waals surface area contributed by atoms with Crippen LogP contribution < -0.4 is 10.6 Å². The highest BCUT2D eigenvalue weighted by atomic mass is 16.5. The minimum atomic E-state index is -0.782. The van der Waals surface area contributed by atoms with Crippen molar-refractivity contribution in [2.45, 2.75) is 51.0 Å². The monoisotopic (exact) mass is 464 g/mol. The van der Waals surface area contributed by atoms with Crippen LogP contribution in [0.2, 0.25) is 0 Å². The molecule has 4 fully saturated rings. The largest absolute Gasteiger partial charge is 0.451 e. The number of imide groups is 1. The van der Waals surface area contributed by atoms with Crippen molar-refractivity contribution in [2.24, 2.45) is 17.8 Å². The van der Waals surface area contributed by atoms with Crippen LogP contribution in [0.1, 0.15) is 49.9 Å². The van der Waals surface area contributed by atoms with Crippen molar-refractivity contribution >= 4 is 29.7 Å². The molecule has 6 rings (SSSR count). The summed E-state index contributed by atoms with van der Waals surface area (Å²) in [6.07, 6.45) is 8.30. The molecule has 2 aromatic rings. The third-order valence-electron chi connectivity index (χ3n) is 7.17. The van der Waals surface area contributed by atoms with Crippen LogP contribution in [-0.2, 0) is 14.3 Å². The van der Waals surface area contributed by atoms with Crippen molar-refractivity contribution in [3.8, 4) is 0 Å². The van der Waals surface area contributed by atoms with Crippen LogP contribution in [0.15, 0.2) is 30.3 Å². The quantitative estimate of drug-likeness (QED) is 0.496. The molecule has 4 aliphatic carbocycles. The maximum Gasteiger partial charge on any atom is 0.357 e. The number of aryl methyl sites for hydroxylation is 1. The molecule has 2 N–H and O–H groups in total. The number of ether oxygens (including phenoxy) is 1. The van der Waals surface area contributed by atoms with E-state index in [0.29, 0.717) is 23.6 Å². The molecule has 0 aliphatic heterocycles. The summed E-state index contributed by atoms with van der Waals surface area (Å²) in [5.41, 5.74) is 0.585. The van der Waals surface area contributed by atoms with Gasteiger partial charge in [0.15, 0.2) is 18.1 Å². The topological polar surface area (TPSA) is 128 Å². The van der Waals surface area contributed by atoms with E-state index in [1.807, 2.05) is 30.3 Å². The molecule has 4 aliphatic rings. The highest BCUT2D eigenvalue weighted by Crippen LogP contribution is 2.55. The normalized spacial score (nSPS) is 27.3. The molecule has 1 aromatic carbocycles. The summed E-state index contributed by atoms with van der Waals surface area (Å²) >= 11 is 0. The van der Waals surface area contributed by atoms with Crippen LogP contribution >= 0.6 is 0 Å². The molecule has 0 saturated heterocycles. The molecule has 0 atom stereocenters. The van der Waals surface area contributed by atoms with Gasteiger partial charge in [-0.15, -0.1) is 5.10 Å². The standard InChI is InChI=1S/C24H28N6O4/c1-15-27-28-29-30(15)20(10-16-5-3-2-4-6-16)22(32)34-14-21(31)25-23(33)26-24-11-17-7-18(12-24)9-19(8-17)13-24/h2-6,10,17-19H,7-9,11-14H2,1H3,(H2,25,26,31,33)/b20-10-. The molecule has 0 spiro atoms. The van der Waals surface area contributed by atoms with Gasteiger partial charge < -0.3 is 10.1 Å². The summed E-state index contributed by atoms with van der Waals surface area (Å²) in [6, 6.07) is 8.62. The molecule has 0 radical (unpaired) electrons. The first-order valence-electron chi connectivity index (χ1n) is 11.7. The third kappa shape index (κ3) is 4.71. The molecule has 0 unspecified atom stereocenters. The number of carbonyl (C=O) groups excluding carboxylic acids is 3. The van der Waals surface area contributed by atoms with E-state index < -0.39 is 24.5 Å². The molecule has 1 heterocycles. The van der Waals surface area contributed by atoms with E-state index in [1.54, 1.807) is 13.0 Å². The molecule has 178 valence electrons. The number of hydrogen-bond donors (Lipinski definition) is 2. The number of amides is 3. The van der Waals surface area contributed by atoms with E-state index in [-0.39, 0.29) is 11.2 Å². The van der Waals surface area contributed by atoms with Crippen LogP contribution in [0.25, 0.3) is 11.8 Å². The van der Waals surface area contributed by atoms with Gasteiger partial charge in [-0.25, -0.2) is 9.59 Å². The van der Waals surface area contributed by atoms with Crippen molar-refractivity contribution in [2.75, 3.05) is 6.61 Å². The Hall–Kier alpha value is -3.56. The predicted molar refractivity (Wildman–Crippen MR) is 122 cm³/mol. The van der Waals surface area contributed by atoms with Gasteiger partial charge in [-0.05, 0) is 85.3 Å². The summed E-state index contributed by atoms with van der Waals surface area (Å²) < 4.78 is 6.44. The number of nitrogens with one attached hydrogen (secondary N) is 2. The lowest BCUT2D eigenvalue weighted by Crippen LogP contribution is -2.62. The molecule has 10 nitrogen and oxygen atoms in total. The van der Waals surface area contributed by atoms with Crippen molar-refractivity contribution in [3.05, 3.63) is 41.7 Å². The fourth-order valence-electron chi connectivity index (χ4n) is 6.27. The second-order valence-corrected chi connectivity index (χ2v) is 9.85. The van der Waals surface area contributed by atoms with Crippen molar-refractivity contribution in [3.63, 3.8) is 0 Å². The van der Waals surface area contributed by atoms with Crippen molar-refractivity contribution < 1.29 is 19.1 Å². The Labute approximate surface area is 197 Å². The van der Waals surface area contributed by atoms with E-state index in [0.717, 1.165) is 24.8 Å². The van der Waals surface area contributed by atoms with Crippen LogP contribution in [0.5, 0.6) is 0 Å².